The first kappa shape index (κ1) is 10.0. The molecule has 1 aromatic heterocycles. The van der Waals surface area contributed by atoms with Gasteiger partial charge in [-0.1, -0.05) is 12.8 Å². The van der Waals surface area contributed by atoms with Gasteiger partial charge in [0.2, 0.25) is 0 Å². The topological polar surface area (TPSA) is 17.8 Å². The number of halogens is 1. The van der Waals surface area contributed by atoms with Gasteiger partial charge in [0, 0.05) is 11.3 Å². The van der Waals surface area contributed by atoms with Crippen molar-refractivity contribution in [1.82, 2.24) is 9.78 Å². The Kier molecular flexibility index (Phi) is 2.82. The van der Waals surface area contributed by atoms with Crippen LogP contribution in [0.5, 0.6) is 0 Å². The number of hydrogen-bond donors (Lipinski definition) is 0. The highest BCUT2D eigenvalue weighted by Crippen LogP contribution is 2.31. The van der Waals surface area contributed by atoms with Gasteiger partial charge in [0.05, 0.1) is 17.6 Å². The molecule has 78 valence electrons. The van der Waals surface area contributed by atoms with Gasteiger partial charge in [-0.05, 0) is 26.7 Å². The van der Waals surface area contributed by atoms with Crippen LogP contribution in [0.15, 0.2) is 0 Å². The lowest BCUT2D eigenvalue weighted by Gasteiger charge is -2.12. The Labute approximate surface area is 90.3 Å². The summed E-state index contributed by atoms with van der Waals surface area (Å²) in [7, 11) is 0. The van der Waals surface area contributed by atoms with Crippen LogP contribution >= 0.6 is 11.6 Å². The van der Waals surface area contributed by atoms with Crippen LogP contribution in [0, 0.1) is 13.8 Å². The first-order chi connectivity index (χ1) is 6.74. The van der Waals surface area contributed by atoms with Gasteiger partial charge in [0.1, 0.15) is 0 Å². The Hall–Kier alpha value is -0.500. The van der Waals surface area contributed by atoms with Crippen LogP contribution in [0.2, 0.25) is 0 Å². The summed E-state index contributed by atoms with van der Waals surface area (Å²) in [6.45, 7) is 4.19. The van der Waals surface area contributed by atoms with E-state index in [0.29, 0.717) is 11.9 Å². The normalized spacial score (nSPS) is 17.9. The molecule has 0 unspecified atom stereocenters. The summed E-state index contributed by atoms with van der Waals surface area (Å²) in [5.74, 6) is 0.588. The number of hydrogen-bond acceptors (Lipinski definition) is 1. The standard InChI is InChI=1S/C11H17ClN2/c1-8-11(7-12)9(2)14(13-8)10-5-3-4-6-10/h10H,3-7H2,1-2H3. The van der Waals surface area contributed by atoms with Crippen LogP contribution in [0.4, 0.5) is 0 Å². The molecule has 1 aliphatic rings. The van der Waals surface area contributed by atoms with Gasteiger partial charge in [-0.2, -0.15) is 5.10 Å². The third kappa shape index (κ3) is 1.56. The molecule has 1 heterocycles. The molecule has 0 amide bonds. The van der Waals surface area contributed by atoms with E-state index < -0.39 is 0 Å². The molecule has 2 rings (SSSR count). The van der Waals surface area contributed by atoms with Crippen LogP contribution < -0.4 is 0 Å². The fourth-order valence-corrected chi connectivity index (χ4v) is 2.78. The highest BCUT2D eigenvalue weighted by atomic mass is 35.5. The predicted molar refractivity (Wildman–Crippen MR) is 58.8 cm³/mol. The molecule has 1 saturated carbocycles. The van der Waals surface area contributed by atoms with Crippen LogP contribution in [-0.4, -0.2) is 9.78 Å². The number of aryl methyl sites for hydroxylation is 1. The van der Waals surface area contributed by atoms with Crippen molar-refractivity contribution in [2.24, 2.45) is 0 Å². The van der Waals surface area contributed by atoms with Crippen LogP contribution in [-0.2, 0) is 5.88 Å². The summed E-state index contributed by atoms with van der Waals surface area (Å²) < 4.78 is 2.19. The second-order valence-corrected chi connectivity index (χ2v) is 4.43. The van der Waals surface area contributed by atoms with E-state index in [1.54, 1.807) is 0 Å². The Balaban J connectivity index is 2.33. The minimum absolute atomic E-state index is 0.588. The molecular formula is C11H17ClN2. The third-order valence-electron chi connectivity index (χ3n) is 3.28. The molecule has 0 saturated heterocycles. The fourth-order valence-electron chi connectivity index (χ4n) is 2.39. The Morgan fingerprint density at radius 3 is 2.50 bits per heavy atom. The molecule has 1 aliphatic carbocycles. The van der Waals surface area contributed by atoms with Gasteiger partial charge in [0.25, 0.3) is 0 Å². The number of alkyl halides is 1. The summed E-state index contributed by atoms with van der Waals surface area (Å²) in [5, 5.41) is 4.60. The highest BCUT2D eigenvalue weighted by Gasteiger charge is 2.21. The Morgan fingerprint density at radius 1 is 1.36 bits per heavy atom. The van der Waals surface area contributed by atoms with E-state index in [4.69, 9.17) is 11.6 Å². The van der Waals surface area contributed by atoms with Gasteiger partial charge < -0.3 is 0 Å². The van der Waals surface area contributed by atoms with Crippen molar-refractivity contribution in [1.29, 1.82) is 0 Å². The monoisotopic (exact) mass is 212 g/mol. The summed E-state index contributed by atoms with van der Waals surface area (Å²) >= 11 is 5.90. The van der Waals surface area contributed by atoms with Crippen molar-refractivity contribution in [3.63, 3.8) is 0 Å². The van der Waals surface area contributed by atoms with E-state index >= 15 is 0 Å². The molecule has 0 bridgehead atoms. The maximum absolute atomic E-state index is 5.90. The molecule has 14 heavy (non-hydrogen) atoms. The molecule has 0 radical (unpaired) electrons. The van der Waals surface area contributed by atoms with E-state index in [0.717, 1.165) is 5.69 Å². The Bertz CT molecular complexity index is 324. The number of aromatic nitrogens is 2. The summed E-state index contributed by atoms with van der Waals surface area (Å²) in [4.78, 5) is 0. The minimum Gasteiger partial charge on any atom is -0.266 e. The van der Waals surface area contributed by atoms with Gasteiger partial charge >= 0.3 is 0 Å². The average molecular weight is 213 g/mol. The van der Waals surface area contributed by atoms with Gasteiger partial charge in [-0.15, -0.1) is 11.6 Å². The lowest BCUT2D eigenvalue weighted by atomic mass is 10.2. The molecule has 3 heteroatoms. The zero-order valence-electron chi connectivity index (χ0n) is 8.89. The van der Waals surface area contributed by atoms with E-state index in [9.17, 15) is 0 Å². The van der Waals surface area contributed by atoms with Gasteiger partial charge in [-0.3, -0.25) is 4.68 Å². The zero-order valence-corrected chi connectivity index (χ0v) is 9.64. The van der Waals surface area contributed by atoms with Crippen molar-refractivity contribution in [2.75, 3.05) is 0 Å². The van der Waals surface area contributed by atoms with Crippen molar-refractivity contribution in [3.8, 4) is 0 Å². The first-order valence-corrected chi connectivity index (χ1v) is 5.88. The molecular weight excluding hydrogens is 196 g/mol. The van der Waals surface area contributed by atoms with Crippen molar-refractivity contribution >= 4 is 11.6 Å². The molecule has 0 aromatic carbocycles. The van der Waals surface area contributed by atoms with E-state index in [-0.39, 0.29) is 0 Å². The molecule has 2 nitrogen and oxygen atoms in total. The minimum atomic E-state index is 0.588. The van der Waals surface area contributed by atoms with Crippen molar-refractivity contribution < 1.29 is 0 Å². The molecule has 0 atom stereocenters. The summed E-state index contributed by atoms with van der Waals surface area (Å²) in [5.41, 5.74) is 3.59. The SMILES string of the molecule is Cc1nn(C2CCCC2)c(C)c1CCl. The molecule has 0 N–H and O–H groups in total. The van der Waals surface area contributed by atoms with Crippen LogP contribution in [0.25, 0.3) is 0 Å². The van der Waals surface area contributed by atoms with E-state index in [2.05, 4.69) is 23.6 Å². The van der Waals surface area contributed by atoms with E-state index in [1.165, 1.54) is 36.9 Å². The second kappa shape index (κ2) is 3.93. The second-order valence-electron chi connectivity index (χ2n) is 4.17. The van der Waals surface area contributed by atoms with Gasteiger partial charge in [-0.25, -0.2) is 0 Å². The van der Waals surface area contributed by atoms with E-state index in [1.807, 2.05) is 0 Å². The smallest absolute Gasteiger partial charge is 0.0640 e. The highest BCUT2D eigenvalue weighted by molar-refractivity contribution is 6.17. The average Bonchev–Trinajstić information content (AvgIpc) is 2.74. The zero-order chi connectivity index (χ0) is 10.1. The molecule has 0 spiro atoms. The largest absolute Gasteiger partial charge is 0.266 e. The lowest BCUT2D eigenvalue weighted by Crippen LogP contribution is -2.08. The number of nitrogens with zero attached hydrogens (tertiary/aromatic N) is 2. The van der Waals surface area contributed by atoms with Crippen LogP contribution in [0.1, 0.15) is 48.7 Å². The maximum atomic E-state index is 5.90. The molecule has 1 aromatic rings. The van der Waals surface area contributed by atoms with Gasteiger partial charge in [0.15, 0.2) is 0 Å². The molecule has 0 aliphatic heterocycles. The third-order valence-corrected chi connectivity index (χ3v) is 3.55. The quantitative estimate of drug-likeness (QED) is 0.688. The summed E-state index contributed by atoms with van der Waals surface area (Å²) in [6, 6.07) is 0.630. The predicted octanol–water partition coefficient (Wildman–Crippen LogP) is 3.35. The lowest BCUT2D eigenvalue weighted by molar-refractivity contribution is 0.454. The fraction of sp³-hybridized carbons (Fsp3) is 0.727. The number of rotatable bonds is 2. The van der Waals surface area contributed by atoms with Crippen molar-refractivity contribution in [2.45, 2.75) is 51.5 Å². The van der Waals surface area contributed by atoms with Crippen LogP contribution in [0.3, 0.4) is 0 Å². The Morgan fingerprint density at radius 2 is 2.00 bits per heavy atom. The summed E-state index contributed by atoms with van der Waals surface area (Å²) in [6.07, 6.45) is 5.26. The first-order valence-electron chi connectivity index (χ1n) is 5.34. The maximum Gasteiger partial charge on any atom is 0.0640 e. The molecule has 1 fully saturated rings. The van der Waals surface area contributed by atoms with Crippen molar-refractivity contribution in [3.05, 3.63) is 17.0 Å².